The van der Waals surface area contributed by atoms with Crippen molar-refractivity contribution < 1.29 is 4.74 Å². The largest absolute Gasteiger partial charge is 0.497 e. The second kappa shape index (κ2) is 5.98. The predicted octanol–water partition coefficient (Wildman–Crippen LogP) is 3.63. The number of benzene rings is 1. The normalized spacial score (nSPS) is 19.1. The molecule has 0 saturated heterocycles. The number of hydrogen-bond donors (Lipinski definition) is 1. The molecule has 3 heteroatoms. The summed E-state index contributed by atoms with van der Waals surface area (Å²) in [6.45, 7) is 3.33. The van der Waals surface area contributed by atoms with Crippen LogP contribution in [-0.4, -0.2) is 24.7 Å². The summed E-state index contributed by atoms with van der Waals surface area (Å²) in [6, 6.07) is 8.70. The third-order valence-electron chi connectivity index (χ3n) is 4.02. The Labute approximate surface area is 114 Å². The molecule has 18 heavy (non-hydrogen) atoms. The van der Waals surface area contributed by atoms with E-state index < -0.39 is 0 Å². The number of rotatable bonds is 6. The Bertz CT molecular complexity index is 384. The van der Waals surface area contributed by atoms with Gasteiger partial charge in [-0.15, -0.1) is 0 Å². The standard InChI is InChI=1S/C15H23NOS/c1-12(13-6-4-7-14(10-13)17-2)16-11-15(18-3)8-5-9-15/h4,6-7,10,12,16H,5,8-9,11H2,1-3H3. The fourth-order valence-corrected chi connectivity index (χ4v) is 3.32. The van der Waals surface area contributed by atoms with E-state index >= 15 is 0 Å². The van der Waals surface area contributed by atoms with E-state index in [-0.39, 0.29) is 0 Å². The molecule has 0 bridgehead atoms. The molecule has 0 heterocycles. The zero-order valence-electron chi connectivity index (χ0n) is 11.5. The molecular formula is C15H23NOS. The zero-order chi connectivity index (χ0) is 13.0. The molecule has 1 atom stereocenters. The summed E-state index contributed by atoms with van der Waals surface area (Å²) in [4.78, 5) is 0. The molecule has 2 rings (SSSR count). The monoisotopic (exact) mass is 265 g/mol. The molecule has 1 fully saturated rings. The van der Waals surface area contributed by atoms with Crippen LogP contribution in [0.25, 0.3) is 0 Å². The maximum absolute atomic E-state index is 5.27. The number of nitrogens with one attached hydrogen (secondary N) is 1. The molecule has 100 valence electrons. The minimum absolute atomic E-state index is 0.379. The van der Waals surface area contributed by atoms with Crippen molar-refractivity contribution in [3.8, 4) is 5.75 Å². The van der Waals surface area contributed by atoms with E-state index in [1.165, 1.54) is 24.8 Å². The highest BCUT2D eigenvalue weighted by Crippen LogP contribution is 2.42. The Hall–Kier alpha value is -0.670. The quantitative estimate of drug-likeness (QED) is 0.848. The molecule has 1 saturated carbocycles. The predicted molar refractivity (Wildman–Crippen MR) is 79.5 cm³/mol. The van der Waals surface area contributed by atoms with Crippen molar-refractivity contribution in [3.63, 3.8) is 0 Å². The number of ether oxygens (including phenoxy) is 1. The van der Waals surface area contributed by atoms with Gasteiger partial charge in [-0.1, -0.05) is 18.6 Å². The molecule has 0 radical (unpaired) electrons. The maximum atomic E-state index is 5.27. The van der Waals surface area contributed by atoms with Crippen LogP contribution < -0.4 is 10.1 Å². The first kappa shape index (κ1) is 13.8. The van der Waals surface area contributed by atoms with Gasteiger partial charge in [-0.3, -0.25) is 0 Å². The Morgan fingerprint density at radius 3 is 2.78 bits per heavy atom. The summed E-state index contributed by atoms with van der Waals surface area (Å²) in [5.74, 6) is 0.935. The van der Waals surface area contributed by atoms with Gasteiger partial charge in [0.1, 0.15) is 5.75 Å². The average Bonchev–Trinajstić information content (AvgIpc) is 2.38. The van der Waals surface area contributed by atoms with Crippen LogP contribution in [0, 0.1) is 0 Å². The highest BCUT2D eigenvalue weighted by Gasteiger charge is 2.35. The van der Waals surface area contributed by atoms with Gasteiger partial charge in [-0.25, -0.2) is 0 Å². The second-order valence-electron chi connectivity index (χ2n) is 5.12. The average molecular weight is 265 g/mol. The first-order valence-corrected chi connectivity index (χ1v) is 7.84. The summed E-state index contributed by atoms with van der Waals surface area (Å²) >= 11 is 2.02. The molecule has 1 aromatic carbocycles. The van der Waals surface area contributed by atoms with Crippen molar-refractivity contribution in [2.75, 3.05) is 19.9 Å². The molecule has 1 N–H and O–H groups in total. The van der Waals surface area contributed by atoms with E-state index in [1.54, 1.807) is 7.11 Å². The molecule has 0 aromatic heterocycles. The van der Waals surface area contributed by atoms with E-state index in [4.69, 9.17) is 4.74 Å². The molecule has 1 aliphatic rings. The Balaban J connectivity index is 1.92. The molecule has 2 nitrogen and oxygen atoms in total. The summed E-state index contributed by atoms with van der Waals surface area (Å²) in [7, 11) is 1.72. The van der Waals surface area contributed by atoms with Gasteiger partial charge in [0.15, 0.2) is 0 Å². The smallest absolute Gasteiger partial charge is 0.119 e. The van der Waals surface area contributed by atoms with Crippen molar-refractivity contribution >= 4 is 11.8 Å². The fourth-order valence-electron chi connectivity index (χ4n) is 2.39. The number of thioether (sulfide) groups is 1. The van der Waals surface area contributed by atoms with E-state index in [0.29, 0.717) is 10.8 Å². The third kappa shape index (κ3) is 3.01. The Morgan fingerprint density at radius 2 is 2.22 bits per heavy atom. The maximum Gasteiger partial charge on any atom is 0.119 e. The van der Waals surface area contributed by atoms with Crippen molar-refractivity contribution in [1.82, 2.24) is 5.32 Å². The summed E-state index contributed by atoms with van der Waals surface area (Å²) < 4.78 is 5.77. The first-order valence-electron chi connectivity index (χ1n) is 6.62. The van der Waals surface area contributed by atoms with Crippen LogP contribution in [-0.2, 0) is 0 Å². The number of methoxy groups -OCH3 is 1. The van der Waals surface area contributed by atoms with Crippen LogP contribution in [0.3, 0.4) is 0 Å². The summed E-state index contributed by atoms with van der Waals surface area (Å²) in [5.41, 5.74) is 1.30. The van der Waals surface area contributed by atoms with Crippen LogP contribution in [0.1, 0.15) is 37.8 Å². The minimum atomic E-state index is 0.379. The van der Waals surface area contributed by atoms with Crippen LogP contribution in [0.5, 0.6) is 5.75 Å². The lowest BCUT2D eigenvalue weighted by molar-refractivity contribution is 0.334. The number of hydrogen-bond acceptors (Lipinski definition) is 3. The van der Waals surface area contributed by atoms with Gasteiger partial charge >= 0.3 is 0 Å². The van der Waals surface area contributed by atoms with Crippen molar-refractivity contribution in [3.05, 3.63) is 29.8 Å². The minimum Gasteiger partial charge on any atom is -0.497 e. The lowest BCUT2D eigenvalue weighted by atomic mass is 9.84. The third-order valence-corrected chi connectivity index (χ3v) is 5.44. The van der Waals surface area contributed by atoms with Gasteiger partial charge in [-0.2, -0.15) is 11.8 Å². The van der Waals surface area contributed by atoms with Gasteiger partial charge < -0.3 is 10.1 Å². The summed E-state index contributed by atoms with van der Waals surface area (Å²) in [6.07, 6.45) is 6.32. The van der Waals surface area contributed by atoms with Crippen molar-refractivity contribution in [2.45, 2.75) is 37.0 Å². The van der Waals surface area contributed by atoms with Crippen LogP contribution in [0.15, 0.2) is 24.3 Å². The highest BCUT2D eigenvalue weighted by atomic mass is 32.2. The molecule has 0 aliphatic heterocycles. The van der Waals surface area contributed by atoms with Gasteiger partial charge in [0, 0.05) is 17.3 Å². The van der Waals surface area contributed by atoms with E-state index in [9.17, 15) is 0 Å². The van der Waals surface area contributed by atoms with Gasteiger partial charge in [0.25, 0.3) is 0 Å². The van der Waals surface area contributed by atoms with Crippen LogP contribution in [0.4, 0.5) is 0 Å². The molecule has 0 amide bonds. The first-order chi connectivity index (χ1) is 8.69. The van der Waals surface area contributed by atoms with E-state index in [1.807, 2.05) is 17.8 Å². The van der Waals surface area contributed by atoms with Crippen molar-refractivity contribution in [2.24, 2.45) is 0 Å². The van der Waals surface area contributed by atoms with Gasteiger partial charge in [0.2, 0.25) is 0 Å². The Kier molecular flexibility index (Phi) is 4.57. The SMILES string of the molecule is COc1cccc(C(C)NCC2(SC)CCC2)c1. The molecule has 0 spiro atoms. The zero-order valence-corrected chi connectivity index (χ0v) is 12.3. The molecule has 1 aromatic rings. The van der Waals surface area contributed by atoms with Crippen LogP contribution in [0.2, 0.25) is 0 Å². The second-order valence-corrected chi connectivity index (χ2v) is 6.39. The van der Waals surface area contributed by atoms with E-state index in [0.717, 1.165) is 12.3 Å². The van der Waals surface area contributed by atoms with Gasteiger partial charge in [0.05, 0.1) is 7.11 Å². The lowest BCUT2D eigenvalue weighted by Gasteiger charge is -2.41. The Morgan fingerprint density at radius 1 is 1.44 bits per heavy atom. The molecule has 1 unspecified atom stereocenters. The summed E-state index contributed by atoms with van der Waals surface area (Å²) in [5, 5.41) is 3.67. The van der Waals surface area contributed by atoms with Gasteiger partial charge in [-0.05, 0) is 43.7 Å². The topological polar surface area (TPSA) is 21.3 Å². The van der Waals surface area contributed by atoms with Crippen LogP contribution >= 0.6 is 11.8 Å². The molecule has 1 aliphatic carbocycles. The lowest BCUT2D eigenvalue weighted by Crippen LogP contribution is -2.43. The van der Waals surface area contributed by atoms with E-state index in [2.05, 4.69) is 36.7 Å². The fraction of sp³-hybridized carbons (Fsp3) is 0.600. The molecular weight excluding hydrogens is 242 g/mol. The highest BCUT2D eigenvalue weighted by molar-refractivity contribution is 8.00. The van der Waals surface area contributed by atoms with Crippen molar-refractivity contribution in [1.29, 1.82) is 0 Å².